The molecule has 2 saturated heterocycles. The van der Waals surface area contributed by atoms with Crippen LogP contribution >= 0.6 is 0 Å². The number of nitrogens with zero attached hydrogens (tertiary/aromatic N) is 1. The lowest BCUT2D eigenvalue weighted by atomic mass is 9.89. The van der Waals surface area contributed by atoms with Gasteiger partial charge >= 0.3 is 0 Å². The number of aliphatic hydroxyl groups is 1. The van der Waals surface area contributed by atoms with Gasteiger partial charge in [-0.25, -0.2) is 0 Å². The molecule has 5 rings (SSSR count). The average molecular weight is 672 g/mol. The van der Waals surface area contributed by atoms with Gasteiger partial charge in [0.2, 0.25) is 11.8 Å². The summed E-state index contributed by atoms with van der Waals surface area (Å²) in [5.74, 6) is 0.140. The summed E-state index contributed by atoms with van der Waals surface area (Å²) in [6.45, 7) is 7.45. The van der Waals surface area contributed by atoms with Crippen molar-refractivity contribution in [1.82, 2.24) is 15.5 Å². The maximum Gasteiger partial charge on any atom is 0.220 e. The number of methoxy groups -OCH3 is 1. The third kappa shape index (κ3) is 10.4. The molecule has 2 aliphatic heterocycles. The molecule has 0 radical (unpaired) electrons. The molecule has 3 aromatic rings. The zero-order valence-electron chi connectivity index (χ0n) is 29.2. The number of benzene rings is 3. The number of hydrogen-bond acceptors (Lipinski definition) is 7. The average Bonchev–Trinajstić information content (AvgIpc) is 3.56. The van der Waals surface area contributed by atoms with Crippen LogP contribution in [-0.2, 0) is 37.0 Å². The van der Waals surface area contributed by atoms with Crippen LogP contribution in [0.25, 0.3) is 11.1 Å². The molecule has 2 fully saturated rings. The minimum Gasteiger partial charge on any atom is -0.392 e. The van der Waals surface area contributed by atoms with Gasteiger partial charge in [-0.15, -0.1) is 0 Å². The van der Waals surface area contributed by atoms with Crippen LogP contribution in [0, 0.1) is 5.92 Å². The lowest BCUT2D eigenvalue weighted by Crippen LogP contribution is -2.46. The number of ether oxygens (including phenoxy) is 3. The fraction of sp³-hybridized carbons (Fsp3) is 0.500. The van der Waals surface area contributed by atoms with Crippen LogP contribution in [0.4, 0.5) is 0 Å². The SMILES string of the molecule is COC[C@@H]1CCCN1C[C@H]1O[C@@H](c2ccc(-c3cccc(CNC(=O)CCCCCNC(C)=O)c3)cc2)O[C@@H](c2ccc(CO)cc2)[C@H]1C. The van der Waals surface area contributed by atoms with Gasteiger partial charge in [-0.1, -0.05) is 80.1 Å². The predicted octanol–water partition coefficient (Wildman–Crippen LogP) is 6.06. The van der Waals surface area contributed by atoms with E-state index in [1.54, 1.807) is 7.11 Å². The molecule has 2 amide bonds. The summed E-state index contributed by atoms with van der Waals surface area (Å²) >= 11 is 0. The highest BCUT2D eigenvalue weighted by Gasteiger charge is 2.40. The van der Waals surface area contributed by atoms with Gasteiger partial charge in [0, 0.05) is 57.6 Å². The molecule has 2 aliphatic rings. The minimum absolute atomic E-state index is 0.0124. The van der Waals surface area contributed by atoms with E-state index in [9.17, 15) is 14.7 Å². The number of nitrogens with one attached hydrogen (secondary N) is 2. The third-order valence-corrected chi connectivity index (χ3v) is 9.78. The first-order valence-corrected chi connectivity index (χ1v) is 17.8. The Morgan fingerprint density at radius 1 is 0.918 bits per heavy atom. The first-order chi connectivity index (χ1) is 23.8. The Labute approximate surface area is 291 Å². The highest BCUT2D eigenvalue weighted by atomic mass is 16.7. The fourth-order valence-electron chi connectivity index (χ4n) is 6.91. The molecule has 0 aliphatic carbocycles. The summed E-state index contributed by atoms with van der Waals surface area (Å²) in [7, 11) is 1.77. The molecule has 9 heteroatoms. The quantitative estimate of drug-likeness (QED) is 0.159. The van der Waals surface area contributed by atoms with Crippen LogP contribution in [0.5, 0.6) is 0 Å². The minimum atomic E-state index is -0.520. The second-order valence-electron chi connectivity index (χ2n) is 13.5. The molecule has 0 spiro atoms. The van der Waals surface area contributed by atoms with E-state index in [-0.39, 0.29) is 36.5 Å². The molecule has 5 atom stereocenters. The van der Waals surface area contributed by atoms with Crippen molar-refractivity contribution in [2.45, 2.75) is 90.1 Å². The van der Waals surface area contributed by atoms with E-state index in [4.69, 9.17) is 14.2 Å². The number of hydrogen-bond donors (Lipinski definition) is 3. The molecule has 2 heterocycles. The van der Waals surface area contributed by atoms with Gasteiger partial charge in [-0.3, -0.25) is 14.5 Å². The first-order valence-electron chi connectivity index (χ1n) is 17.8. The molecule has 0 bridgehead atoms. The van der Waals surface area contributed by atoms with Gasteiger partial charge in [0.05, 0.1) is 25.4 Å². The van der Waals surface area contributed by atoms with Crippen molar-refractivity contribution in [2.24, 2.45) is 5.92 Å². The van der Waals surface area contributed by atoms with Crippen molar-refractivity contribution >= 4 is 11.8 Å². The van der Waals surface area contributed by atoms with Crippen molar-refractivity contribution in [1.29, 1.82) is 0 Å². The van der Waals surface area contributed by atoms with Gasteiger partial charge in [0.25, 0.3) is 0 Å². The molecular formula is C40H53N3O6. The second-order valence-corrected chi connectivity index (χ2v) is 13.5. The maximum absolute atomic E-state index is 12.4. The Morgan fingerprint density at radius 3 is 2.43 bits per heavy atom. The fourth-order valence-corrected chi connectivity index (χ4v) is 6.91. The molecule has 264 valence electrons. The van der Waals surface area contributed by atoms with Crippen molar-refractivity contribution in [3.05, 3.63) is 95.1 Å². The van der Waals surface area contributed by atoms with Crippen LogP contribution < -0.4 is 10.6 Å². The number of amides is 2. The van der Waals surface area contributed by atoms with Gasteiger partial charge in [0.1, 0.15) is 0 Å². The zero-order valence-corrected chi connectivity index (χ0v) is 29.2. The van der Waals surface area contributed by atoms with Crippen molar-refractivity contribution in [3.8, 4) is 11.1 Å². The summed E-state index contributed by atoms with van der Waals surface area (Å²) < 4.78 is 19.0. The summed E-state index contributed by atoms with van der Waals surface area (Å²) in [4.78, 5) is 25.9. The number of carbonyl (C=O) groups excluding carboxylic acids is 2. The van der Waals surface area contributed by atoms with Gasteiger partial charge in [-0.2, -0.15) is 0 Å². The van der Waals surface area contributed by atoms with Gasteiger partial charge in [-0.05, 0) is 66.1 Å². The lowest BCUT2D eigenvalue weighted by Gasteiger charge is -2.43. The molecule has 0 unspecified atom stereocenters. The highest BCUT2D eigenvalue weighted by molar-refractivity contribution is 5.76. The van der Waals surface area contributed by atoms with Crippen LogP contribution in [0.15, 0.2) is 72.8 Å². The third-order valence-electron chi connectivity index (χ3n) is 9.78. The molecule has 3 N–H and O–H groups in total. The summed E-state index contributed by atoms with van der Waals surface area (Å²) in [6, 6.07) is 25.1. The van der Waals surface area contributed by atoms with Crippen molar-refractivity contribution in [3.63, 3.8) is 0 Å². The Kier molecular flexibility index (Phi) is 13.8. The van der Waals surface area contributed by atoms with Crippen LogP contribution in [0.2, 0.25) is 0 Å². The summed E-state index contributed by atoms with van der Waals surface area (Å²) in [6.07, 6.45) is 4.65. The van der Waals surface area contributed by atoms with Crippen LogP contribution in [0.1, 0.15) is 87.0 Å². The van der Waals surface area contributed by atoms with E-state index in [1.807, 2.05) is 24.3 Å². The Morgan fingerprint density at radius 2 is 1.69 bits per heavy atom. The van der Waals surface area contributed by atoms with E-state index < -0.39 is 6.29 Å². The predicted molar refractivity (Wildman–Crippen MR) is 190 cm³/mol. The van der Waals surface area contributed by atoms with Gasteiger partial charge < -0.3 is 30.0 Å². The zero-order chi connectivity index (χ0) is 34.6. The van der Waals surface area contributed by atoms with E-state index in [1.165, 1.54) is 6.92 Å². The number of unbranched alkanes of at least 4 members (excludes halogenated alkanes) is 2. The lowest BCUT2D eigenvalue weighted by molar-refractivity contribution is -0.276. The van der Waals surface area contributed by atoms with Crippen LogP contribution in [0.3, 0.4) is 0 Å². The molecule has 3 aromatic carbocycles. The summed E-state index contributed by atoms with van der Waals surface area (Å²) in [5, 5.41) is 15.4. The normalized spacial score (nSPS) is 22.6. The van der Waals surface area contributed by atoms with E-state index in [2.05, 4.69) is 71.0 Å². The largest absolute Gasteiger partial charge is 0.392 e. The molecule has 49 heavy (non-hydrogen) atoms. The van der Waals surface area contributed by atoms with Crippen molar-refractivity contribution in [2.75, 3.05) is 33.4 Å². The van der Waals surface area contributed by atoms with Crippen LogP contribution in [-0.4, -0.2) is 67.3 Å². The topological polar surface area (TPSA) is 109 Å². The van der Waals surface area contributed by atoms with E-state index >= 15 is 0 Å². The highest BCUT2D eigenvalue weighted by Crippen LogP contribution is 2.42. The van der Waals surface area contributed by atoms with E-state index in [0.717, 1.165) is 85.2 Å². The smallest absolute Gasteiger partial charge is 0.220 e. The number of aliphatic hydroxyl groups excluding tert-OH is 1. The number of likely N-dealkylation sites (tertiary alicyclic amines) is 1. The Bertz CT molecular complexity index is 1480. The molecule has 0 saturated carbocycles. The second kappa shape index (κ2) is 18.4. The van der Waals surface area contributed by atoms with Crippen molar-refractivity contribution < 1.29 is 28.9 Å². The summed E-state index contributed by atoms with van der Waals surface area (Å²) in [5.41, 5.74) is 6.12. The molecule has 0 aromatic heterocycles. The monoisotopic (exact) mass is 671 g/mol. The van der Waals surface area contributed by atoms with Gasteiger partial charge in [0.15, 0.2) is 6.29 Å². The first kappa shape index (κ1) is 36.7. The molecular weight excluding hydrogens is 618 g/mol. The standard InChI is InChI=1S/C40H53N3O6/c1-28-37(25-43-22-8-11-36(43)27-47-3)48-40(49-39(28)33-15-13-30(26-44)14-16-33)34-19-17-32(18-20-34)35-10-7-9-31(23-35)24-42-38(46)12-5-4-6-21-41-29(2)45/h7,9-10,13-20,23,28,36-37,39-40,44H,4-6,8,11-12,21-22,24-27H2,1-3H3,(H,41,45)(H,42,46)/t28-,36-,37+,39+,40+/m0/s1. The Hall–Kier alpha value is -3.60. The Balaban J connectivity index is 1.23. The molecule has 9 nitrogen and oxygen atoms in total. The number of carbonyl (C=O) groups is 2. The van der Waals surface area contributed by atoms with E-state index in [0.29, 0.717) is 25.6 Å². The number of rotatable bonds is 16. The maximum atomic E-state index is 12.4.